The zero-order chi connectivity index (χ0) is 14.7. The Labute approximate surface area is 119 Å². The lowest BCUT2D eigenvalue weighted by Crippen LogP contribution is -2.46. The van der Waals surface area contributed by atoms with Gasteiger partial charge in [0.2, 0.25) is 5.91 Å². The van der Waals surface area contributed by atoms with Gasteiger partial charge in [0, 0.05) is 18.8 Å². The molecule has 0 aromatic heterocycles. The van der Waals surface area contributed by atoms with Gasteiger partial charge in [0.15, 0.2) is 0 Å². The van der Waals surface area contributed by atoms with Gasteiger partial charge in [-0.1, -0.05) is 6.07 Å². The highest BCUT2D eigenvalue weighted by atomic mass is 16.2. The van der Waals surface area contributed by atoms with E-state index in [9.17, 15) is 9.59 Å². The molecule has 1 saturated heterocycles. The molecule has 1 aromatic carbocycles. The lowest BCUT2D eigenvalue weighted by atomic mass is 10.1. The van der Waals surface area contributed by atoms with E-state index in [-0.39, 0.29) is 11.9 Å². The van der Waals surface area contributed by atoms with Crippen LogP contribution in [0, 0.1) is 13.8 Å². The largest absolute Gasteiger partial charge is 0.338 e. The smallest absolute Gasteiger partial charge is 0.315 e. The predicted molar refractivity (Wildman–Crippen MR) is 78.9 cm³/mol. The molecule has 0 aliphatic carbocycles. The first-order valence-corrected chi connectivity index (χ1v) is 6.95. The molecule has 5 heteroatoms. The molecular weight excluding hydrogens is 254 g/mol. The number of urea groups is 1. The van der Waals surface area contributed by atoms with E-state index >= 15 is 0 Å². The van der Waals surface area contributed by atoms with Gasteiger partial charge in [-0.25, -0.2) is 4.79 Å². The van der Waals surface area contributed by atoms with Gasteiger partial charge in [-0.15, -0.1) is 0 Å². The van der Waals surface area contributed by atoms with E-state index in [1.54, 1.807) is 4.90 Å². The molecule has 0 saturated carbocycles. The fraction of sp³-hybridized carbons (Fsp3) is 0.467. The Bertz CT molecular complexity index is 508. The number of anilines is 1. The molecule has 0 spiro atoms. The minimum atomic E-state index is -0.428. The average molecular weight is 275 g/mol. The highest BCUT2D eigenvalue weighted by molar-refractivity contribution is 6.01. The number of hydrogen-bond acceptors (Lipinski definition) is 2. The van der Waals surface area contributed by atoms with Crippen molar-refractivity contribution in [3.8, 4) is 0 Å². The Kier molecular flexibility index (Phi) is 4.27. The van der Waals surface area contributed by atoms with Gasteiger partial charge in [-0.05, 0) is 50.5 Å². The zero-order valence-corrected chi connectivity index (χ0v) is 12.2. The molecule has 3 amide bonds. The predicted octanol–water partition coefficient (Wildman–Crippen LogP) is 1.73. The van der Waals surface area contributed by atoms with Crippen LogP contribution in [-0.4, -0.2) is 31.1 Å². The number of hydrogen-bond donors (Lipinski definition) is 2. The topological polar surface area (TPSA) is 61.4 Å². The summed E-state index contributed by atoms with van der Waals surface area (Å²) >= 11 is 0. The van der Waals surface area contributed by atoms with E-state index in [4.69, 9.17) is 0 Å². The fourth-order valence-corrected chi connectivity index (χ4v) is 2.55. The van der Waals surface area contributed by atoms with Crippen LogP contribution in [0.15, 0.2) is 18.2 Å². The van der Waals surface area contributed by atoms with Crippen LogP contribution in [0.25, 0.3) is 0 Å². The van der Waals surface area contributed by atoms with E-state index in [1.807, 2.05) is 32.9 Å². The third-order valence-electron chi connectivity index (χ3n) is 3.37. The maximum Gasteiger partial charge on any atom is 0.315 e. The molecule has 108 valence electrons. The molecule has 5 nitrogen and oxygen atoms in total. The second kappa shape index (κ2) is 5.94. The monoisotopic (exact) mass is 275 g/mol. The normalized spacial score (nSPS) is 18.2. The van der Waals surface area contributed by atoms with E-state index in [1.165, 1.54) is 0 Å². The highest BCUT2D eigenvalue weighted by Gasteiger charge is 2.33. The Morgan fingerprint density at radius 1 is 1.30 bits per heavy atom. The van der Waals surface area contributed by atoms with Crippen molar-refractivity contribution in [3.05, 3.63) is 29.3 Å². The summed E-state index contributed by atoms with van der Waals surface area (Å²) in [6.07, 6.45) is 0.642. The first-order valence-electron chi connectivity index (χ1n) is 6.95. The van der Waals surface area contributed by atoms with E-state index in [0.29, 0.717) is 19.5 Å². The first-order chi connectivity index (χ1) is 9.51. The van der Waals surface area contributed by atoms with Crippen LogP contribution in [0.5, 0.6) is 0 Å². The lowest BCUT2D eigenvalue weighted by molar-refractivity contribution is -0.118. The number of nitrogens with zero attached hydrogens (tertiary/aromatic N) is 1. The summed E-state index contributed by atoms with van der Waals surface area (Å²) in [4.78, 5) is 25.6. The second-order valence-corrected chi connectivity index (χ2v) is 5.18. The summed E-state index contributed by atoms with van der Waals surface area (Å²) < 4.78 is 0. The fourth-order valence-electron chi connectivity index (χ4n) is 2.55. The van der Waals surface area contributed by atoms with Crippen molar-refractivity contribution in [3.63, 3.8) is 0 Å². The quantitative estimate of drug-likeness (QED) is 0.882. The van der Waals surface area contributed by atoms with Gasteiger partial charge < -0.3 is 15.5 Å². The van der Waals surface area contributed by atoms with Gasteiger partial charge in [0.05, 0.1) is 0 Å². The Balaban J connectivity index is 2.09. The van der Waals surface area contributed by atoms with Crippen LogP contribution in [-0.2, 0) is 4.79 Å². The molecule has 0 radical (unpaired) electrons. The molecule has 1 aliphatic heterocycles. The van der Waals surface area contributed by atoms with Crippen LogP contribution < -0.4 is 15.5 Å². The number of carbonyl (C=O) groups excluding carboxylic acids is 2. The van der Waals surface area contributed by atoms with E-state index < -0.39 is 6.04 Å². The summed E-state index contributed by atoms with van der Waals surface area (Å²) in [5.74, 6) is -0.0405. The van der Waals surface area contributed by atoms with E-state index in [0.717, 1.165) is 16.8 Å². The molecule has 1 aromatic rings. The molecule has 0 unspecified atom stereocenters. The Morgan fingerprint density at radius 2 is 1.95 bits per heavy atom. The number of benzene rings is 1. The summed E-state index contributed by atoms with van der Waals surface area (Å²) in [5, 5.41) is 5.36. The second-order valence-electron chi connectivity index (χ2n) is 5.18. The standard InChI is InChI=1S/C15H21N3O2/c1-4-16-15(20)17-13-5-6-18(14(13)19)12-8-10(2)7-11(3)9-12/h7-9,13H,4-6H2,1-3H3,(H2,16,17,20)/t13-/m0/s1. The van der Waals surface area contributed by atoms with Crippen LogP contribution >= 0.6 is 0 Å². The summed E-state index contributed by atoms with van der Waals surface area (Å²) in [5.41, 5.74) is 3.17. The van der Waals surface area contributed by atoms with Crippen molar-refractivity contribution in [1.82, 2.24) is 10.6 Å². The van der Waals surface area contributed by atoms with Crippen molar-refractivity contribution in [1.29, 1.82) is 0 Å². The third-order valence-corrected chi connectivity index (χ3v) is 3.37. The molecular formula is C15H21N3O2. The van der Waals surface area contributed by atoms with Crippen LogP contribution in [0.2, 0.25) is 0 Å². The summed E-state index contributed by atoms with van der Waals surface area (Å²) in [6, 6.07) is 5.36. The van der Waals surface area contributed by atoms with Crippen molar-refractivity contribution in [2.24, 2.45) is 0 Å². The SMILES string of the molecule is CCNC(=O)N[C@H]1CCN(c2cc(C)cc(C)c2)C1=O. The van der Waals surface area contributed by atoms with Crippen LogP contribution in [0.4, 0.5) is 10.5 Å². The van der Waals surface area contributed by atoms with Gasteiger partial charge in [-0.3, -0.25) is 4.79 Å². The van der Waals surface area contributed by atoms with E-state index in [2.05, 4.69) is 16.7 Å². The molecule has 1 aliphatic rings. The molecule has 2 N–H and O–H groups in total. The number of aryl methyl sites for hydroxylation is 2. The number of rotatable bonds is 3. The molecule has 2 rings (SSSR count). The average Bonchev–Trinajstić information content (AvgIpc) is 2.70. The van der Waals surface area contributed by atoms with Crippen LogP contribution in [0.3, 0.4) is 0 Å². The summed E-state index contributed by atoms with van der Waals surface area (Å²) in [6.45, 7) is 7.06. The van der Waals surface area contributed by atoms with Crippen LogP contribution in [0.1, 0.15) is 24.5 Å². The van der Waals surface area contributed by atoms with Crippen molar-refractivity contribution in [2.45, 2.75) is 33.2 Å². The van der Waals surface area contributed by atoms with Crippen molar-refractivity contribution >= 4 is 17.6 Å². The molecule has 1 heterocycles. The Hall–Kier alpha value is -2.04. The molecule has 0 bridgehead atoms. The van der Waals surface area contributed by atoms with Crippen molar-refractivity contribution in [2.75, 3.05) is 18.0 Å². The number of carbonyl (C=O) groups is 2. The van der Waals surface area contributed by atoms with Gasteiger partial charge in [-0.2, -0.15) is 0 Å². The van der Waals surface area contributed by atoms with Gasteiger partial charge in [0.25, 0.3) is 0 Å². The maximum atomic E-state index is 12.4. The molecule has 1 fully saturated rings. The van der Waals surface area contributed by atoms with Crippen molar-refractivity contribution < 1.29 is 9.59 Å². The molecule has 20 heavy (non-hydrogen) atoms. The minimum absolute atomic E-state index is 0.0405. The zero-order valence-electron chi connectivity index (χ0n) is 12.2. The third kappa shape index (κ3) is 3.10. The number of nitrogens with one attached hydrogen (secondary N) is 2. The lowest BCUT2D eigenvalue weighted by Gasteiger charge is -2.18. The van der Waals surface area contributed by atoms with Gasteiger partial charge >= 0.3 is 6.03 Å². The number of amides is 3. The Morgan fingerprint density at radius 3 is 2.55 bits per heavy atom. The summed E-state index contributed by atoms with van der Waals surface area (Å²) in [7, 11) is 0. The minimum Gasteiger partial charge on any atom is -0.338 e. The molecule has 1 atom stereocenters. The highest BCUT2D eigenvalue weighted by Crippen LogP contribution is 2.24. The first kappa shape index (κ1) is 14.4. The van der Waals surface area contributed by atoms with Gasteiger partial charge in [0.1, 0.15) is 6.04 Å². The maximum absolute atomic E-state index is 12.4.